The van der Waals surface area contributed by atoms with Gasteiger partial charge in [-0.1, -0.05) is 12.1 Å². The van der Waals surface area contributed by atoms with E-state index in [-0.39, 0.29) is 56.4 Å². The quantitative estimate of drug-likeness (QED) is 0.431. The Morgan fingerprint density at radius 3 is 2.26 bits per heavy atom. The van der Waals surface area contributed by atoms with Gasteiger partial charge >= 0.3 is 63.3 Å². The van der Waals surface area contributed by atoms with Gasteiger partial charge in [0.1, 0.15) is 5.01 Å². The Balaban J connectivity index is 0.00000264. The fourth-order valence-electron chi connectivity index (χ4n) is 1.84. The normalized spacial score (nSPS) is 12.8. The molecule has 0 aliphatic carbocycles. The van der Waals surface area contributed by atoms with Gasteiger partial charge < -0.3 is 19.4 Å². The summed E-state index contributed by atoms with van der Waals surface area (Å²) in [4.78, 5) is 37.8. The van der Waals surface area contributed by atoms with E-state index in [0.29, 0.717) is 5.52 Å². The number of esters is 2. The number of aromatic nitrogens is 1. The maximum atomic E-state index is 11.3. The minimum atomic E-state index is -1.76. The van der Waals surface area contributed by atoms with Crippen LogP contribution >= 0.6 is 11.3 Å². The van der Waals surface area contributed by atoms with Crippen molar-refractivity contribution in [3.05, 3.63) is 29.3 Å². The molecule has 0 bridgehead atoms. The van der Waals surface area contributed by atoms with Crippen LogP contribution in [0.2, 0.25) is 0 Å². The van der Waals surface area contributed by atoms with Crippen LogP contribution in [0.15, 0.2) is 24.3 Å². The third-order valence-corrected chi connectivity index (χ3v) is 3.74. The Kier molecular flexibility index (Phi) is 7.78. The summed E-state index contributed by atoms with van der Waals surface area (Å²) in [5.74, 6) is -3.21. The zero-order valence-electron chi connectivity index (χ0n) is 12.8. The van der Waals surface area contributed by atoms with Crippen LogP contribution in [0.3, 0.4) is 0 Å². The molecule has 116 valence electrons. The van der Waals surface area contributed by atoms with Crippen LogP contribution in [0.4, 0.5) is 0 Å². The molecule has 1 aromatic carbocycles. The van der Waals surface area contributed by atoms with Gasteiger partial charge in [-0.2, -0.15) is 0 Å². The third-order valence-electron chi connectivity index (χ3n) is 2.65. The number of benzene rings is 1. The Bertz CT molecular complexity index is 698. The largest absolute Gasteiger partial charge is 1.00 e. The summed E-state index contributed by atoms with van der Waals surface area (Å²) in [7, 11) is 0. The molecule has 2 aromatic rings. The number of thiazole rings is 1. The number of hydrogen-bond donors (Lipinski definition) is 0. The number of aliphatic carboxylic acids is 1. The number of nitrogens with zero attached hydrogens (tertiary/aromatic N) is 1. The first-order chi connectivity index (χ1) is 10.4. The topological polar surface area (TPSA) is 106 Å². The molecule has 0 radical (unpaired) electrons. The standard InChI is InChI=1S/C14H13NO6S.K/c1-7(16)20-11(12(14(18)19)21-8(2)17)13-15-9-5-3-4-6-10(9)22-13;/h3-6,11-12H,1-2H3,(H,18,19);/q;+1/p-1. The molecule has 2 unspecified atom stereocenters. The van der Waals surface area contributed by atoms with Gasteiger partial charge in [0, 0.05) is 13.8 Å². The second-order valence-corrected chi connectivity index (χ2v) is 5.46. The van der Waals surface area contributed by atoms with E-state index in [1.807, 2.05) is 0 Å². The van der Waals surface area contributed by atoms with Crippen molar-refractivity contribution >= 4 is 39.5 Å². The van der Waals surface area contributed by atoms with Crippen molar-refractivity contribution < 1.29 is 80.3 Å². The monoisotopic (exact) mass is 361 g/mol. The van der Waals surface area contributed by atoms with Crippen LogP contribution in [0, 0.1) is 0 Å². The Morgan fingerprint density at radius 1 is 1.13 bits per heavy atom. The first kappa shape index (κ1) is 20.2. The summed E-state index contributed by atoms with van der Waals surface area (Å²) >= 11 is 1.15. The van der Waals surface area contributed by atoms with Crippen molar-refractivity contribution in [1.29, 1.82) is 0 Å². The van der Waals surface area contributed by atoms with E-state index in [1.165, 1.54) is 0 Å². The summed E-state index contributed by atoms with van der Waals surface area (Å²) < 4.78 is 10.5. The fourth-order valence-corrected chi connectivity index (χ4v) is 2.87. The summed E-state index contributed by atoms with van der Waals surface area (Å²) in [5, 5.41) is 11.5. The van der Waals surface area contributed by atoms with Gasteiger partial charge in [-0.05, 0) is 12.1 Å². The van der Waals surface area contributed by atoms with Crippen LogP contribution < -0.4 is 56.5 Å². The second kappa shape index (κ2) is 8.85. The summed E-state index contributed by atoms with van der Waals surface area (Å²) in [6.07, 6.45) is -3.12. The number of fused-ring (bicyclic) bond motifs is 1. The first-order valence-corrected chi connectivity index (χ1v) is 7.11. The molecule has 0 aliphatic heterocycles. The molecular formula is C14H12KNO6S. The molecular weight excluding hydrogens is 349 g/mol. The fraction of sp³-hybridized carbons (Fsp3) is 0.286. The molecule has 2 rings (SSSR count). The molecule has 0 fully saturated rings. The van der Waals surface area contributed by atoms with E-state index in [2.05, 4.69) is 4.98 Å². The number of carbonyl (C=O) groups excluding carboxylic acids is 3. The Labute approximate surface area is 178 Å². The van der Waals surface area contributed by atoms with Gasteiger partial charge in [-0.3, -0.25) is 9.59 Å². The van der Waals surface area contributed by atoms with E-state index >= 15 is 0 Å². The van der Waals surface area contributed by atoms with E-state index in [4.69, 9.17) is 9.47 Å². The van der Waals surface area contributed by atoms with E-state index in [0.717, 1.165) is 29.9 Å². The molecule has 7 nitrogen and oxygen atoms in total. The number of para-hydroxylation sites is 1. The zero-order valence-corrected chi connectivity index (χ0v) is 16.7. The van der Waals surface area contributed by atoms with Crippen LogP contribution in [0.25, 0.3) is 10.2 Å². The van der Waals surface area contributed by atoms with Crippen LogP contribution in [0.1, 0.15) is 25.0 Å². The molecule has 9 heteroatoms. The van der Waals surface area contributed by atoms with Crippen molar-refractivity contribution in [2.75, 3.05) is 0 Å². The van der Waals surface area contributed by atoms with Crippen molar-refractivity contribution in [1.82, 2.24) is 4.98 Å². The van der Waals surface area contributed by atoms with Gasteiger partial charge in [0.05, 0.1) is 16.2 Å². The summed E-state index contributed by atoms with van der Waals surface area (Å²) in [6.45, 7) is 2.18. The van der Waals surface area contributed by atoms with Crippen LogP contribution in [-0.2, 0) is 23.9 Å². The van der Waals surface area contributed by atoms with Crippen molar-refractivity contribution in [2.24, 2.45) is 0 Å². The maximum absolute atomic E-state index is 11.3. The van der Waals surface area contributed by atoms with Gasteiger partial charge in [-0.15, -0.1) is 11.3 Å². The summed E-state index contributed by atoms with van der Waals surface area (Å²) in [5.41, 5.74) is 0.625. The summed E-state index contributed by atoms with van der Waals surface area (Å²) in [6, 6.07) is 7.10. The van der Waals surface area contributed by atoms with E-state index in [1.54, 1.807) is 24.3 Å². The number of carbonyl (C=O) groups is 3. The van der Waals surface area contributed by atoms with Gasteiger partial charge in [0.15, 0.2) is 12.2 Å². The molecule has 0 saturated carbocycles. The van der Waals surface area contributed by atoms with Gasteiger partial charge in [0.2, 0.25) is 0 Å². The molecule has 0 amide bonds. The molecule has 1 heterocycles. The number of carboxylic acid groups (broad SMARTS) is 1. The molecule has 0 saturated heterocycles. The number of hydrogen-bond acceptors (Lipinski definition) is 8. The average Bonchev–Trinajstić information content (AvgIpc) is 2.85. The Morgan fingerprint density at radius 2 is 1.74 bits per heavy atom. The van der Waals surface area contributed by atoms with Crippen LogP contribution in [-0.4, -0.2) is 29.0 Å². The number of ether oxygens (including phenoxy) is 2. The third kappa shape index (κ3) is 5.33. The molecule has 2 atom stereocenters. The number of rotatable bonds is 5. The minimum Gasteiger partial charge on any atom is -0.546 e. The second-order valence-electron chi connectivity index (χ2n) is 4.40. The smallest absolute Gasteiger partial charge is 0.546 e. The Hall–Kier alpha value is -0.844. The van der Waals surface area contributed by atoms with Gasteiger partial charge in [-0.25, -0.2) is 4.98 Å². The van der Waals surface area contributed by atoms with Crippen LogP contribution in [0.5, 0.6) is 0 Å². The number of carboxylic acids is 1. The van der Waals surface area contributed by atoms with Crippen molar-refractivity contribution in [3.63, 3.8) is 0 Å². The van der Waals surface area contributed by atoms with Gasteiger partial charge in [0.25, 0.3) is 0 Å². The van der Waals surface area contributed by atoms with Crippen molar-refractivity contribution in [3.8, 4) is 0 Å². The van der Waals surface area contributed by atoms with Crippen molar-refractivity contribution in [2.45, 2.75) is 26.1 Å². The maximum Gasteiger partial charge on any atom is 1.00 e. The molecule has 0 aliphatic rings. The molecule has 0 N–H and O–H groups in total. The molecule has 0 spiro atoms. The van der Waals surface area contributed by atoms with E-state index in [9.17, 15) is 19.5 Å². The predicted octanol–water partition coefficient (Wildman–Crippen LogP) is -2.41. The first-order valence-electron chi connectivity index (χ1n) is 6.29. The molecule has 23 heavy (non-hydrogen) atoms. The average molecular weight is 361 g/mol. The predicted molar refractivity (Wildman–Crippen MR) is 74.7 cm³/mol. The van der Waals surface area contributed by atoms with E-state index < -0.39 is 30.1 Å². The minimum absolute atomic E-state index is 0. The molecule has 1 aromatic heterocycles. The SMILES string of the molecule is CC(=O)OC(C(=O)[O-])C(OC(C)=O)c1nc2ccccc2s1.[K+]. The zero-order chi connectivity index (χ0) is 16.3.